The summed E-state index contributed by atoms with van der Waals surface area (Å²) in [6.45, 7) is 5.96. The van der Waals surface area contributed by atoms with Gasteiger partial charge in [-0.05, 0) is 98.4 Å². The minimum absolute atomic E-state index is 0.199. The average Bonchev–Trinajstić information content (AvgIpc) is 2.94. The van der Waals surface area contributed by atoms with E-state index >= 15 is 0 Å². The topological polar surface area (TPSA) is 93.7 Å². The zero-order valence-corrected chi connectivity index (χ0v) is 24.5. The molecule has 0 spiro atoms. The maximum absolute atomic E-state index is 13.0. The molecular formula is C31H32N2O5S2. The van der Waals surface area contributed by atoms with E-state index in [-0.39, 0.29) is 4.90 Å². The van der Waals surface area contributed by atoms with Crippen molar-refractivity contribution in [2.24, 2.45) is 0 Å². The van der Waals surface area contributed by atoms with Gasteiger partial charge in [-0.2, -0.15) is 0 Å². The Morgan fingerprint density at radius 1 is 0.825 bits per heavy atom. The molecule has 4 aromatic rings. The van der Waals surface area contributed by atoms with Crippen LogP contribution in [0.25, 0.3) is 0 Å². The third-order valence-electron chi connectivity index (χ3n) is 6.10. The number of hydrogen-bond acceptors (Lipinski definition) is 7. The summed E-state index contributed by atoms with van der Waals surface area (Å²) in [4.78, 5) is 13.8. The summed E-state index contributed by atoms with van der Waals surface area (Å²) in [6.07, 6.45) is 1.46. The molecule has 0 amide bonds. The quantitative estimate of drug-likeness (QED) is 0.139. The van der Waals surface area contributed by atoms with E-state index in [9.17, 15) is 13.2 Å². The van der Waals surface area contributed by atoms with Crippen LogP contribution in [0.4, 0.5) is 11.4 Å². The number of benzene rings is 4. The first kappa shape index (κ1) is 29.0. The first-order chi connectivity index (χ1) is 19.2. The van der Waals surface area contributed by atoms with Crippen LogP contribution in [0.2, 0.25) is 0 Å². The average molecular weight is 577 g/mol. The summed E-state index contributed by atoms with van der Waals surface area (Å²) < 4.78 is 43.0. The molecule has 0 fully saturated rings. The zero-order chi connectivity index (χ0) is 28.7. The summed E-state index contributed by atoms with van der Waals surface area (Å²) >= 11 is 1.39. The van der Waals surface area contributed by atoms with Crippen molar-refractivity contribution in [3.05, 3.63) is 107 Å². The van der Waals surface area contributed by atoms with E-state index in [2.05, 4.69) is 9.44 Å². The molecule has 0 unspecified atom stereocenters. The van der Waals surface area contributed by atoms with E-state index in [1.165, 1.54) is 24.6 Å². The van der Waals surface area contributed by atoms with Crippen molar-refractivity contribution >= 4 is 39.3 Å². The van der Waals surface area contributed by atoms with Crippen LogP contribution in [0.15, 0.2) is 94.7 Å². The van der Waals surface area contributed by atoms with Gasteiger partial charge in [-0.3, -0.25) is 4.72 Å². The number of esters is 1. The van der Waals surface area contributed by atoms with E-state index in [0.717, 1.165) is 22.4 Å². The third kappa shape index (κ3) is 7.37. The highest BCUT2D eigenvalue weighted by Gasteiger charge is 2.18. The standard InChI is InChI=1S/C31H32N2O5S2/c1-5-6-23-19-24(11-17-29(23)33-40(35,36)27-15-9-22(3)10-16-27)38-25-12-18-30(28(20-25)31(34)37-4)32-39-26-13-7-21(2)8-14-26/h7-20,32-33H,5-6H2,1-4H3. The Balaban J connectivity index is 1.55. The second-order valence-electron chi connectivity index (χ2n) is 9.31. The molecule has 0 bridgehead atoms. The molecule has 0 radical (unpaired) electrons. The maximum Gasteiger partial charge on any atom is 0.340 e. The van der Waals surface area contributed by atoms with Gasteiger partial charge >= 0.3 is 5.97 Å². The molecule has 0 heterocycles. The largest absolute Gasteiger partial charge is 0.465 e. The number of sulfonamides is 1. The molecule has 0 aromatic heterocycles. The van der Waals surface area contributed by atoms with Crippen LogP contribution >= 0.6 is 11.9 Å². The van der Waals surface area contributed by atoms with Gasteiger partial charge in [0, 0.05) is 4.90 Å². The lowest BCUT2D eigenvalue weighted by atomic mass is 10.1. The lowest BCUT2D eigenvalue weighted by molar-refractivity contribution is 0.0601. The van der Waals surface area contributed by atoms with Crippen LogP contribution in [0.3, 0.4) is 0 Å². The van der Waals surface area contributed by atoms with Gasteiger partial charge in [0.15, 0.2) is 0 Å². The number of aryl methyl sites for hydroxylation is 3. The van der Waals surface area contributed by atoms with Gasteiger partial charge < -0.3 is 14.2 Å². The highest BCUT2D eigenvalue weighted by Crippen LogP contribution is 2.32. The summed E-state index contributed by atoms with van der Waals surface area (Å²) in [5, 5.41) is 0. The summed E-state index contributed by atoms with van der Waals surface area (Å²) in [7, 11) is -2.41. The fraction of sp³-hybridized carbons (Fsp3) is 0.194. The van der Waals surface area contributed by atoms with Crippen molar-refractivity contribution in [2.75, 3.05) is 16.6 Å². The Bertz CT molecular complexity index is 1590. The second-order valence-corrected chi connectivity index (χ2v) is 11.9. The van der Waals surface area contributed by atoms with Gasteiger partial charge in [0.1, 0.15) is 11.5 Å². The molecule has 208 valence electrons. The Kier molecular flexibility index (Phi) is 9.39. The number of carbonyl (C=O) groups excluding carboxylic acids is 1. The molecule has 0 atom stereocenters. The monoisotopic (exact) mass is 576 g/mol. The van der Waals surface area contributed by atoms with E-state index in [0.29, 0.717) is 34.9 Å². The van der Waals surface area contributed by atoms with Crippen molar-refractivity contribution in [2.45, 2.75) is 43.4 Å². The van der Waals surface area contributed by atoms with Crippen LogP contribution in [0.1, 0.15) is 40.4 Å². The molecule has 0 saturated carbocycles. The van der Waals surface area contributed by atoms with E-state index in [1.54, 1.807) is 54.6 Å². The first-order valence-electron chi connectivity index (χ1n) is 12.8. The maximum atomic E-state index is 13.0. The fourth-order valence-electron chi connectivity index (χ4n) is 3.94. The van der Waals surface area contributed by atoms with Crippen LogP contribution in [-0.4, -0.2) is 21.5 Å². The van der Waals surface area contributed by atoms with Gasteiger partial charge in [-0.15, -0.1) is 0 Å². The highest BCUT2D eigenvalue weighted by molar-refractivity contribution is 8.00. The molecule has 7 nitrogen and oxygen atoms in total. The van der Waals surface area contributed by atoms with Gasteiger partial charge in [-0.25, -0.2) is 13.2 Å². The van der Waals surface area contributed by atoms with Crippen LogP contribution in [0, 0.1) is 13.8 Å². The van der Waals surface area contributed by atoms with Gasteiger partial charge in [-0.1, -0.05) is 48.7 Å². The van der Waals surface area contributed by atoms with E-state index < -0.39 is 16.0 Å². The zero-order valence-electron chi connectivity index (χ0n) is 22.9. The molecule has 40 heavy (non-hydrogen) atoms. The Morgan fingerprint density at radius 2 is 1.43 bits per heavy atom. The lowest BCUT2D eigenvalue weighted by Gasteiger charge is -2.16. The van der Waals surface area contributed by atoms with Gasteiger partial charge in [0.05, 0.1) is 28.9 Å². The molecular weight excluding hydrogens is 544 g/mol. The molecule has 4 aromatic carbocycles. The number of methoxy groups -OCH3 is 1. The molecule has 0 saturated heterocycles. The minimum Gasteiger partial charge on any atom is -0.465 e. The number of anilines is 2. The molecule has 9 heteroatoms. The van der Waals surface area contributed by atoms with Crippen molar-refractivity contribution in [3.63, 3.8) is 0 Å². The minimum atomic E-state index is -3.74. The van der Waals surface area contributed by atoms with Gasteiger partial charge in [0.2, 0.25) is 0 Å². The third-order valence-corrected chi connectivity index (χ3v) is 8.31. The van der Waals surface area contributed by atoms with E-state index in [1.807, 2.05) is 51.1 Å². The summed E-state index contributed by atoms with van der Waals surface area (Å²) in [5.41, 5.74) is 4.37. The second kappa shape index (κ2) is 12.9. The summed E-state index contributed by atoms with van der Waals surface area (Å²) in [5.74, 6) is 0.471. The lowest BCUT2D eigenvalue weighted by Crippen LogP contribution is -2.14. The number of carbonyl (C=O) groups is 1. The van der Waals surface area contributed by atoms with Crippen molar-refractivity contribution in [1.29, 1.82) is 0 Å². The first-order valence-corrected chi connectivity index (χ1v) is 15.1. The Hall–Kier alpha value is -3.95. The number of rotatable bonds is 11. The summed E-state index contributed by atoms with van der Waals surface area (Å²) in [6, 6.07) is 25.1. The SMILES string of the molecule is CCCc1cc(Oc2ccc(NSc3ccc(C)cc3)c(C(=O)OC)c2)ccc1NS(=O)(=O)c1ccc(C)cc1. The van der Waals surface area contributed by atoms with E-state index in [4.69, 9.17) is 9.47 Å². The molecule has 0 aliphatic carbocycles. The molecule has 2 N–H and O–H groups in total. The van der Waals surface area contributed by atoms with Gasteiger partial charge in [0.25, 0.3) is 10.0 Å². The number of ether oxygens (including phenoxy) is 2. The van der Waals surface area contributed by atoms with Crippen LogP contribution in [-0.2, 0) is 21.2 Å². The van der Waals surface area contributed by atoms with Crippen LogP contribution < -0.4 is 14.2 Å². The highest BCUT2D eigenvalue weighted by atomic mass is 32.2. The smallest absolute Gasteiger partial charge is 0.340 e. The predicted molar refractivity (Wildman–Crippen MR) is 161 cm³/mol. The van der Waals surface area contributed by atoms with Crippen molar-refractivity contribution in [1.82, 2.24) is 0 Å². The van der Waals surface area contributed by atoms with Crippen LogP contribution in [0.5, 0.6) is 11.5 Å². The van der Waals surface area contributed by atoms with Crippen molar-refractivity contribution < 1.29 is 22.7 Å². The molecule has 0 aliphatic rings. The fourth-order valence-corrected chi connectivity index (χ4v) is 5.72. The molecule has 4 rings (SSSR count). The van der Waals surface area contributed by atoms with Crippen molar-refractivity contribution in [3.8, 4) is 11.5 Å². The number of nitrogens with one attached hydrogen (secondary N) is 2. The normalized spacial score (nSPS) is 11.1. The molecule has 0 aliphatic heterocycles. The Labute approximate surface area is 240 Å². The Morgan fingerprint density at radius 3 is 2.05 bits per heavy atom. The number of hydrogen-bond donors (Lipinski definition) is 2. The predicted octanol–water partition coefficient (Wildman–Crippen LogP) is 7.75.